The van der Waals surface area contributed by atoms with Crippen LogP contribution in [0.15, 0.2) is 23.2 Å². The average molecular weight is 454 g/mol. The van der Waals surface area contributed by atoms with Gasteiger partial charge in [-0.3, -0.25) is 9.30 Å². The van der Waals surface area contributed by atoms with E-state index < -0.39 is 15.8 Å². The third-order valence-electron chi connectivity index (χ3n) is 3.75. The van der Waals surface area contributed by atoms with Crippen molar-refractivity contribution in [1.29, 1.82) is 0 Å². The molecule has 0 aromatic heterocycles. The lowest BCUT2D eigenvalue weighted by Crippen LogP contribution is -2.37. The van der Waals surface area contributed by atoms with Crippen LogP contribution in [-0.2, 0) is 16.6 Å². The number of rotatable bonds is 3. The first-order valence-electron chi connectivity index (χ1n) is 7.29. The summed E-state index contributed by atoms with van der Waals surface area (Å²) in [5.74, 6) is 0.276. The normalized spacial score (nSPS) is 22.3. The van der Waals surface area contributed by atoms with Gasteiger partial charge in [-0.05, 0) is 31.0 Å². The number of benzene rings is 1. The van der Waals surface area contributed by atoms with E-state index in [4.69, 9.17) is 0 Å². The van der Waals surface area contributed by atoms with Gasteiger partial charge in [0.1, 0.15) is 5.82 Å². The minimum atomic E-state index is -3.36. The quantitative estimate of drug-likeness (QED) is 0.678. The van der Waals surface area contributed by atoms with E-state index in [0.717, 1.165) is 16.4 Å². The molecule has 0 radical (unpaired) electrons. The predicted molar refractivity (Wildman–Crippen MR) is 99.3 cm³/mol. The maximum atomic E-state index is 14.2. The van der Waals surface area contributed by atoms with Gasteiger partial charge in [0.2, 0.25) is 10.0 Å². The molecular formula is C14H20FIN4O2S. The van der Waals surface area contributed by atoms with Gasteiger partial charge in [-0.25, -0.2) is 12.8 Å². The monoisotopic (exact) mass is 454 g/mol. The van der Waals surface area contributed by atoms with Crippen molar-refractivity contribution in [3.63, 3.8) is 0 Å². The fourth-order valence-electron chi connectivity index (χ4n) is 2.62. The molecule has 1 atom stereocenters. The fraction of sp³-hybridized carbons (Fsp3) is 0.500. The molecular weight excluding hydrogens is 434 g/mol. The first kappa shape index (κ1) is 18.2. The molecule has 2 aliphatic heterocycles. The largest absolute Gasteiger partial charge is 0.352 e. The van der Waals surface area contributed by atoms with Crippen LogP contribution < -0.4 is 14.9 Å². The number of hydrogen-bond acceptors (Lipinski definition) is 5. The van der Waals surface area contributed by atoms with E-state index in [1.54, 1.807) is 6.07 Å². The molecule has 6 nitrogen and oxygen atoms in total. The number of guanidine groups is 1. The number of nitrogens with one attached hydrogen (secondary N) is 2. The summed E-state index contributed by atoms with van der Waals surface area (Å²) in [6.45, 7) is 3.53. The molecule has 0 spiro atoms. The van der Waals surface area contributed by atoms with Gasteiger partial charge in [0.05, 0.1) is 18.0 Å². The molecule has 2 N–H and O–H groups in total. The van der Waals surface area contributed by atoms with Gasteiger partial charge < -0.3 is 10.6 Å². The molecule has 128 valence electrons. The number of halogens is 2. The Labute approximate surface area is 152 Å². The van der Waals surface area contributed by atoms with Crippen molar-refractivity contribution in [1.82, 2.24) is 10.6 Å². The zero-order valence-corrected chi connectivity index (χ0v) is 15.9. The van der Waals surface area contributed by atoms with E-state index >= 15 is 0 Å². The third kappa shape index (κ3) is 4.06. The van der Waals surface area contributed by atoms with Crippen molar-refractivity contribution in [2.45, 2.75) is 25.9 Å². The summed E-state index contributed by atoms with van der Waals surface area (Å²) in [6, 6.07) is 4.94. The SMILES string of the molecule is CC1CN=C(NCc2ccc(N3CCCS3(=O)=O)c(F)c2)N1.I. The lowest BCUT2D eigenvalue weighted by molar-refractivity contribution is 0.594. The molecule has 1 aromatic carbocycles. The highest BCUT2D eigenvalue weighted by Crippen LogP contribution is 2.27. The van der Waals surface area contributed by atoms with Gasteiger partial charge >= 0.3 is 0 Å². The van der Waals surface area contributed by atoms with Crippen LogP contribution in [0.2, 0.25) is 0 Å². The van der Waals surface area contributed by atoms with Crippen molar-refractivity contribution >= 4 is 45.6 Å². The van der Waals surface area contributed by atoms with Crippen LogP contribution in [0.4, 0.5) is 10.1 Å². The predicted octanol–water partition coefficient (Wildman–Crippen LogP) is 1.42. The Morgan fingerprint density at radius 3 is 2.83 bits per heavy atom. The lowest BCUT2D eigenvalue weighted by atomic mass is 10.2. The summed E-state index contributed by atoms with van der Waals surface area (Å²) in [4.78, 5) is 4.27. The van der Waals surface area contributed by atoms with Crippen molar-refractivity contribution in [2.24, 2.45) is 4.99 Å². The summed E-state index contributed by atoms with van der Waals surface area (Å²) in [7, 11) is -3.36. The highest BCUT2D eigenvalue weighted by molar-refractivity contribution is 14.0. The van der Waals surface area contributed by atoms with E-state index in [-0.39, 0.29) is 35.4 Å². The summed E-state index contributed by atoms with van der Waals surface area (Å²) >= 11 is 0. The Hall–Kier alpha value is -1.10. The van der Waals surface area contributed by atoms with Gasteiger partial charge in [0, 0.05) is 19.1 Å². The minimum absolute atomic E-state index is 0. The second kappa shape index (κ2) is 7.20. The first-order chi connectivity index (χ1) is 10.5. The maximum Gasteiger partial charge on any atom is 0.235 e. The summed E-state index contributed by atoms with van der Waals surface area (Å²) in [6.07, 6.45) is 0.536. The Kier molecular flexibility index (Phi) is 5.71. The topological polar surface area (TPSA) is 73.8 Å². The Morgan fingerprint density at radius 1 is 1.48 bits per heavy atom. The van der Waals surface area contributed by atoms with Crippen LogP contribution in [0.25, 0.3) is 0 Å². The van der Waals surface area contributed by atoms with Crippen LogP contribution in [0.1, 0.15) is 18.9 Å². The van der Waals surface area contributed by atoms with Gasteiger partial charge in [0.25, 0.3) is 0 Å². The van der Waals surface area contributed by atoms with Crippen LogP contribution in [0, 0.1) is 5.82 Å². The van der Waals surface area contributed by atoms with Crippen LogP contribution >= 0.6 is 24.0 Å². The van der Waals surface area contributed by atoms with Crippen molar-refractivity contribution in [3.05, 3.63) is 29.6 Å². The molecule has 2 heterocycles. The molecule has 0 bridgehead atoms. The Morgan fingerprint density at radius 2 is 2.26 bits per heavy atom. The Bertz CT molecular complexity index is 711. The van der Waals surface area contributed by atoms with Gasteiger partial charge in [0.15, 0.2) is 5.96 Å². The van der Waals surface area contributed by atoms with Crippen molar-refractivity contribution < 1.29 is 12.8 Å². The van der Waals surface area contributed by atoms with Crippen LogP contribution in [-0.4, -0.2) is 39.3 Å². The molecule has 1 unspecified atom stereocenters. The van der Waals surface area contributed by atoms with Crippen LogP contribution in [0.5, 0.6) is 0 Å². The molecule has 0 amide bonds. The second-order valence-electron chi connectivity index (χ2n) is 5.62. The van der Waals surface area contributed by atoms with E-state index in [9.17, 15) is 12.8 Å². The smallest absolute Gasteiger partial charge is 0.235 e. The maximum absolute atomic E-state index is 14.2. The molecule has 9 heteroatoms. The molecule has 0 aliphatic carbocycles. The van der Waals surface area contributed by atoms with Gasteiger partial charge in [-0.1, -0.05) is 6.07 Å². The highest BCUT2D eigenvalue weighted by atomic mass is 127. The second-order valence-corrected chi connectivity index (χ2v) is 7.63. The molecule has 1 saturated heterocycles. The molecule has 0 saturated carbocycles. The van der Waals surface area contributed by atoms with E-state index in [1.807, 2.05) is 6.92 Å². The fourth-order valence-corrected chi connectivity index (χ4v) is 4.19. The standard InChI is InChI=1S/C14H19FN4O2S.HI/c1-10-8-16-14(18-10)17-9-11-3-4-13(12(15)7-11)19-5-2-6-22(19,20)21;/h3-4,7,10H,2,5-6,8-9H2,1H3,(H2,16,17,18);1H. The third-order valence-corrected chi connectivity index (χ3v) is 5.60. The molecule has 2 aliphatic rings. The number of hydrogen-bond donors (Lipinski definition) is 2. The lowest BCUT2D eigenvalue weighted by Gasteiger charge is -2.18. The molecule has 1 aromatic rings. The Balaban J connectivity index is 0.00000192. The number of anilines is 1. The van der Waals surface area contributed by atoms with E-state index in [0.29, 0.717) is 31.5 Å². The van der Waals surface area contributed by atoms with Crippen molar-refractivity contribution in [3.8, 4) is 0 Å². The van der Waals surface area contributed by atoms with Crippen LogP contribution in [0.3, 0.4) is 0 Å². The molecule has 23 heavy (non-hydrogen) atoms. The van der Waals surface area contributed by atoms with Gasteiger partial charge in [-0.2, -0.15) is 0 Å². The summed E-state index contributed by atoms with van der Waals surface area (Å²) in [5, 5.41) is 6.26. The summed E-state index contributed by atoms with van der Waals surface area (Å²) < 4.78 is 39.1. The number of aliphatic imine (C=N–C) groups is 1. The van der Waals surface area contributed by atoms with E-state index in [2.05, 4.69) is 15.6 Å². The molecule has 1 fully saturated rings. The zero-order chi connectivity index (χ0) is 15.7. The first-order valence-corrected chi connectivity index (χ1v) is 8.90. The van der Waals surface area contributed by atoms with Gasteiger partial charge in [-0.15, -0.1) is 24.0 Å². The van der Waals surface area contributed by atoms with Crippen molar-refractivity contribution in [2.75, 3.05) is 23.1 Å². The minimum Gasteiger partial charge on any atom is -0.352 e. The molecule has 3 rings (SSSR count). The summed E-state index contributed by atoms with van der Waals surface area (Å²) in [5.41, 5.74) is 0.869. The zero-order valence-electron chi connectivity index (χ0n) is 12.8. The van der Waals surface area contributed by atoms with E-state index in [1.165, 1.54) is 12.1 Å². The highest BCUT2D eigenvalue weighted by Gasteiger charge is 2.30. The average Bonchev–Trinajstić information content (AvgIpc) is 3.02. The number of nitrogens with zero attached hydrogens (tertiary/aromatic N) is 2. The number of sulfonamides is 1.